The van der Waals surface area contributed by atoms with E-state index < -0.39 is 20.8 Å². The Bertz CT molecular complexity index is 724. The van der Waals surface area contributed by atoms with Gasteiger partial charge < -0.3 is 0 Å². The third kappa shape index (κ3) is 4.79. The van der Waals surface area contributed by atoms with Crippen molar-refractivity contribution in [3.63, 3.8) is 0 Å². The molecule has 0 saturated heterocycles. The topological polar surface area (TPSA) is 0 Å². The normalized spacial score (nSPS) is 19.4. The maximum Gasteiger partial charge on any atom is -0.00132 e. The van der Waals surface area contributed by atoms with Crippen molar-refractivity contribution in [3.05, 3.63) is 58.7 Å². The average Bonchev–Trinajstić information content (AvgIpc) is 3.12. The standard InChI is InChI=1S/C25H30.2ClH.Zr/c1-3-7-18(8-4-1)20-11-13-24-22(15-20)17-23-16-21(12-14-25(23)24)19-9-5-2-6-10-19;;;/h11-16,18-19H,1-10,17H2;2*1H;/q;;;+2/p-2. The Hall–Kier alpha value is -0.0969. The van der Waals surface area contributed by atoms with Crippen molar-refractivity contribution in [1.82, 2.24) is 0 Å². The molecule has 0 aromatic heterocycles. The summed E-state index contributed by atoms with van der Waals surface area (Å²) in [6, 6.07) is 14.8. The van der Waals surface area contributed by atoms with E-state index in [1.807, 2.05) is 0 Å². The van der Waals surface area contributed by atoms with Crippen LogP contribution in [0.15, 0.2) is 36.4 Å². The maximum atomic E-state index is 4.93. The van der Waals surface area contributed by atoms with Crippen molar-refractivity contribution in [2.45, 2.75) is 82.5 Å². The zero-order valence-corrected chi connectivity index (χ0v) is 20.6. The zero-order valence-electron chi connectivity index (χ0n) is 16.7. The van der Waals surface area contributed by atoms with Crippen molar-refractivity contribution in [3.8, 4) is 11.1 Å². The summed E-state index contributed by atoms with van der Waals surface area (Å²) in [5, 5.41) is 0. The minimum Gasteiger partial charge on any atom is -0.0581 e. The van der Waals surface area contributed by atoms with Crippen LogP contribution in [0.1, 0.15) is 98.3 Å². The summed E-state index contributed by atoms with van der Waals surface area (Å²) in [5.74, 6) is 1.64. The maximum absolute atomic E-state index is 4.93. The largest absolute Gasteiger partial charge is 0.0581 e. The average molecular weight is 493 g/mol. The Morgan fingerprint density at radius 2 is 1.00 bits per heavy atom. The van der Waals surface area contributed by atoms with Gasteiger partial charge in [-0.25, -0.2) is 0 Å². The molecule has 2 aromatic carbocycles. The van der Waals surface area contributed by atoms with Gasteiger partial charge in [-0.1, -0.05) is 74.9 Å². The molecular formula is C25H30Cl2Zr. The van der Waals surface area contributed by atoms with E-state index in [-0.39, 0.29) is 0 Å². The number of rotatable bonds is 2. The first-order valence-electron chi connectivity index (χ1n) is 11.0. The first-order valence-corrected chi connectivity index (χ1v) is 17.4. The Morgan fingerprint density at radius 1 is 0.607 bits per heavy atom. The molecule has 28 heavy (non-hydrogen) atoms. The van der Waals surface area contributed by atoms with Gasteiger partial charge in [0.15, 0.2) is 0 Å². The van der Waals surface area contributed by atoms with Gasteiger partial charge in [-0.15, -0.1) is 0 Å². The monoisotopic (exact) mass is 490 g/mol. The molecule has 0 radical (unpaired) electrons. The van der Waals surface area contributed by atoms with Crippen molar-refractivity contribution >= 4 is 17.0 Å². The molecule has 0 heterocycles. The Balaban J connectivity index is 0.000000604. The van der Waals surface area contributed by atoms with Crippen LogP contribution in [0.2, 0.25) is 0 Å². The summed E-state index contributed by atoms with van der Waals surface area (Å²) in [5.41, 5.74) is 9.39. The third-order valence-corrected chi connectivity index (χ3v) is 7.08. The second-order valence-corrected chi connectivity index (χ2v) is 12.5. The zero-order chi connectivity index (χ0) is 19.3. The van der Waals surface area contributed by atoms with Crippen LogP contribution in [0.25, 0.3) is 11.1 Å². The molecule has 0 nitrogen and oxygen atoms in total. The molecule has 0 spiro atoms. The molecular weight excluding hydrogens is 462 g/mol. The predicted octanol–water partition coefficient (Wildman–Crippen LogP) is 8.73. The molecule has 3 heteroatoms. The first-order chi connectivity index (χ1) is 13.8. The van der Waals surface area contributed by atoms with Crippen molar-refractivity contribution < 1.29 is 20.8 Å². The molecule has 0 N–H and O–H groups in total. The fraction of sp³-hybridized carbons (Fsp3) is 0.520. The van der Waals surface area contributed by atoms with Gasteiger partial charge in [0.1, 0.15) is 0 Å². The van der Waals surface area contributed by atoms with E-state index in [0.29, 0.717) is 0 Å². The molecule has 2 fully saturated rings. The van der Waals surface area contributed by atoms with Crippen LogP contribution >= 0.6 is 17.0 Å². The molecule has 2 saturated carbocycles. The first kappa shape index (κ1) is 21.1. The number of fused-ring (bicyclic) bond motifs is 3. The van der Waals surface area contributed by atoms with Crippen LogP contribution in [0.4, 0.5) is 0 Å². The van der Waals surface area contributed by atoms with E-state index in [1.165, 1.54) is 75.3 Å². The van der Waals surface area contributed by atoms with Crippen molar-refractivity contribution in [2.75, 3.05) is 0 Å². The molecule has 2 aromatic rings. The second-order valence-electron chi connectivity index (χ2n) is 8.75. The van der Waals surface area contributed by atoms with Gasteiger partial charge in [-0.3, -0.25) is 0 Å². The molecule has 0 amide bonds. The van der Waals surface area contributed by atoms with Crippen LogP contribution < -0.4 is 0 Å². The number of hydrogen-bond donors (Lipinski definition) is 0. The molecule has 0 bridgehead atoms. The molecule has 0 aliphatic heterocycles. The summed E-state index contributed by atoms with van der Waals surface area (Å²) >= 11 is -0.826. The summed E-state index contributed by atoms with van der Waals surface area (Å²) in [4.78, 5) is 0. The Labute approximate surface area is 189 Å². The van der Waals surface area contributed by atoms with Gasteiger partial charge in [0.05, 0.1) is 0 Å². The van der Waals surface area contributed by atoms with Crippen LogP contribution in [0.5, 0.6) is 0 Å². The summed E-state index contributed by atoms with van der Waals surface area (Å²) in [6.45, 7) is 0. The van der Waals surface area contributed by atoms with Gasteiger partial charge in [0.2, 0.25) is 0 Å². The van der Waals surface area contributed by atoms with Gasteiger partial charge >= 0.3 is 37.9 Å². The minimum absolute atomic E-state index is 0.820. The number of hydrogen-bond acceptors (Lipinski definition) is 0. The van der Waals surface area contributed by atoms with Crippen LogP contribution in [-0.4, -0.2) is 0 Å². The van der Waals surface area contributed by atoms with E-state index in [0.717, 1.165) is 18.3 Å². The molecule has 0 atom stereocenters. The second kappa shape index (κ2) is 10.3. The van der Waals surface area contributed by atoms with E-state index in [2.05, 4.69) is 36.4 Å². The third-order valence-electron chi connectivity index (χ3n) is 7.08. The molecule has 148 valence electrons. The molecule has 3 aliphatic carbocycles. The van der Waals surface area contributed by atoms with Gasteiger partial charge in [-0.05, 0) is 77.3 Å². The van der Waals surface area contributed by atoms with Gasteiger partial charge in [0.25, 0.3) is 0 Å². The number of benzene rings is 2. The summed E-state index contributed by atoms with van der Waals surface area (Å²) in [7, 11) is 9.87. The van der Waals surface area contributed by atoms with E-state index >= 15 is 0 Å². The fourth-order valence-electron chi connectivity index (χ4n) is 5.63. The van der Waals surface area contributed by atoms with Gasteiger partial charge in [0, 0.05) is 0 Å². The molecule has 5 rings (SSSR count). The molecule has 0 unspecified atom stereocenters. The van der Waals surface area contributed by atoms with Gasteiger partial charge in [-0.2, -0.15) is 0 Å². The number of halogens is 2. The van der Waals surface area contributed by atoms with E-state index in [9.17, 15) is 0 Å². The smallest absolute Gasteiger partial charge is 0.00132 e. The fourth-order valence-corrected chi connectivity index (χ4v) is 5.63. The summed E-state index contributed by atoms with van der Waals surface area (Å²) in [6.07, 6.45) is 15.3. The molecule has 3 aliphatic rings. The van der Waals surface area contributed by atoms with E-state index in [4.69, 9.17) is 17.0 Å². The Morgan fingerprint density at radius 3 is 1.39 bits per heavy atom. The minimum atomic E-state index is -0.826. The van der Waals surface area contributed by atoms with Crippen LogP contribution in [-0.2, 0) is 27.3 Å². The van der Waals surface area contributed by atoms with Crippen molar-refractivity contribution in [1.29, 1.82) is 0 Å². The Kier molecular flexibility index (Phi) is 7.76. The SMILES string of the molecule is [Cl][Zr][Cl].c1cc2c(cc1C1CCCCC1)Cc1cc(C3CCCCC3)ccc1-2. The van der Waals surface area contributed by atoms with E-state index in [1.54, 1.807) is 22.3 Å². The predicted molar refractivity (Wildman–Crippen MR) is 118 cm³/mol. The summed E-state index contributed by atoms with van der Waals surface area (Å²) < 4.78 is 0. The van der Waals surface area contributed by atoms with Crippen molar-refractivity contribution in [2.24, 2.45) is 0 Å². The van der Waals surface area contributed by atoms with Crippen LogP contribution in [0, 0.1) is 0 Å². The van der Waals surface area contributed by atoms with Crippen LogP contribution in [0.3, 0.4) is 0 Å². The quantitative estimate of drug-likeness (QED) is 0.335.